The van der Waals surface area contributed by atoms with Gasteiger partial charge >= 0.3 is 0 Å². The highest BCUT2D eigenvalue weighted by Crippen LogP contribution is 2.17. The smallest absolute Gasteiger partial charge is 0.264 e. The van der Waals surface area contributed by atoms with Crippen molar-refractivity contribution in [2.24, 2.45) is 0 Å². The fourth-order valence-corrected chi connectivity index (χ4v) is 3.78. The average Bonchev–Trinajstić information content (AvgIpc) is 2.58. The minimum absolute atomic E-state index is 0.0241. The molecule has 0 aliphatic heterocycles. The normalized spacial score (nSPS) is 11.4. The van der Waals surface area contributed by atoms with Crippen molar-refractivity contribution in [3.63, 3.8) is 0 Å². The second-order valence-electron chi connectivity index (χ2n) is 6.20. The molecule has 0 saturated carbocycles. The molecule has 2 aromatic carbocycles. The Morgan fingerprint density at radius 3 is 2.44 bits per heavy atom. The van der Waals surface area contributed by atoms with Crippen LogP contribution in [0.3, 0.4) is 0 Å². The van der Waals surface area contributed by atoms with Gasteiger partial charge in [-0.1, -0.05) is 41.4 Å². The Balaban J connectivity index is 1.88. The van der Waals surface area contributed by atoms with Crippen LogP contribution in [0.5, 0.6) is 0 Å². The molecule has 0 atom stereocenters. The van der Waals surface area contributed by atoms with Crippen molar-refractivity contribution in [1.82, 2.24) is 9.97 Å². The van der Waals surface area contributed by atoms with Crippen LogP contribution in [0.15, 0.2) is 58.2 Å². The molecule has 27 heavy (non-hydrogen) atoms. The molecule has 0 spiro atoms. The van der Waals surface area contributed by atoms with Gasteiger partial charge in [-0.15, -0.1) is 0 Å². The molecule has 3 rings (SSSR count). The van der Waals surface area contributed by atoms with E-state index in [9.17, 15) is 13.2 Å². The minimum atomic E-state index is -3.88. The van der Waals surface area contributed by atoms with E-state index in [1.54, 1.807) is 6.92 Å². The zero-order chi connectivity index (χ0) is 19.6. The van der Waals surface area contributed by atoms with Gasteiger partial charge in [-0.25, -0.2) is 18.1 Å². The van der Waals surface area contributed by atoms with Crippen LogP contribution in [0, 0.1) is 13.8 Å². The third kappa shape index (κ3) is 4.56. The zero-order valence-corrected chi connectivity index (χ0v) is 16.4. The lowest BCUT2D eigenvalue weighted by Gasteiger charge is -2.10. The van der Waals surface area contributed by atoms with Gasteiger partial charge in [-0.05, 0) is 43.7 Å². The lowest BCUT2D eigenvalue weighted by atomic mass is 10.0. The number of rotatable bonds is 5. The molecule has 0 amide bonds. The highest BCUT2D eigenvalue weighted by molar-refractivity contribution is 7.92. The van der Waals surface area contributed by atoms with Gasteiger partial charge in [0.05, 0.1) is 10.6 Å². The number of H-pyrrole nitrogens is 1. The first-order valence-corrected chi connectivity index (χ1v) is 10.0. The van der Waals surface area contributed by atoms with Crippen molar-refractivity contribution < 1.29 is 8.42 Å². The van der Waals surface area contributed by atoms with Crippen LogP contribution in [-0.2, 0) is 16.4 Å². The molecule has 8 heteroatoms. The summed E-state index contributed by atoms with van der Waals surface area (Å²) in [5.74, 6) is -0.125. The maximum Gasteiger partial charge on any atom is 0.264 e. The first-order chi connectivity index (χ1) is 12.7. The first-order valence-electron chi connectivity index (χ1n) is 8.18. The number of hydrogen-bond donors (Lipinski definition) is 2. The fourth-order valence-electron chi connectivity index (χ4n) is 2.69. The second kappa shape index (κ2) is 7.54. The number of benzene rings is 2. The molecule has 0 fully saturated rings. The molecule has 0 aliphatic rings. The van der Waals surface area contributed by atoms with Gasteiger partial charge in [0.1, 0.15) is 0 Å². The maximum atomic E-state index is 12.5. The van der Waals surface area contributed by atoms with Crippen LogP contribution in [0.25, 0.3) is 0 Å². The van der Waals surface area contributed by atoms with Gasteiger partial charge in [-0.3, -0.25) is 9.78 Å². The van der Waals surface area contributed by atoms with Gasteiger partial charge in [-0.2, -0.15) is 0 Å². The van der Waals surface area contributed by atoms with E-state index < -0.39 is 10.0 Å². The van der Waals surface area contributed by atoms with Gasteiger partial charge in [0.2, 0.25) is 5.95 Å². The van der Waals surface area contributed by atoms with Crippen LogP contribution >= 0.6 is 11.6 Å². The van der Waals surface area contributed by atoms with E-state index in [-0.39, 0.29) is 16.4 Å². The SMILES string of the molecule is Cc1cccc(Cc2c(C)nc(NS(=O)(=O)c3ccc(Cl)cc3)[nH]c2=O)c1. The molecule has 140 valence electrons. The molecule has 6 nitrogen and oxygen atoms in total. The van der Waals surface area contributed by atoms with Crippen LogP contribution in [-0.4, -0.2) is 18.4 Å². The summed E-state index contributed by atoms with van der Waals surface area (Å²) in [5.41, 5.74) is 2.67. The van der Waals surface area contributed by atoms with Crippen LogP contribution in [0.4, 0.5) is 5.95 Å². The monoisotopic (exact) mass is 403 g/mol. The number of halogens is 1. The molecule has 0 bridgehead atoms. The third-order valence-electron chi connectivity index (χ3n) is 4.04. The van der Waals surface area contributed by atoms with Crippen molar-refractivity contribution in [2.75, 3.05) is 4.72 Å². The Kier molecular flexibility index (Phi) is 5.34. The van der Waals surface area contributed by atoms with Crippen molar-refractivity contribution in [1.29, 1.82) is 0 Å². The summed E-state index contributed by atoms with van der Waals surface area (Å²) in [6.07, 6.45) is 0.417. The van der Waals surface area contributed by atoms with Crippen LogP contribution in [0.1, 0.15) is 22.4 Å². The molecular weight excluding hydrogens is 386 g/mol. The van der Waals surface area contributed by atoms with E-state index in [1.165, 1.54) is 24.3 Å². The molecule has 0 unspecified atom stereocenters. The molecule has 3 aromatic rings. The van der Waals surface area contributed by atoms with Crippen molar-refractivity contribution in [3.8, 4) is 0 Å². The van der Waals surface area contributed by atoms with Crippen molar-refractivity contribution >= 4 is 27.6 Å². The summed E-state index contributed by atoms with van der Waals surface area (Å²) in [5, 5.41) is 0.428. The average molecular weight is 404 g/mol. The highest BCUT2D eigenvalue weighted by Gasteiger charge is 2.17. The maximum absolute atomic E-state index is 12.5. The minimum Gasteiger partial charge on any atom is -0.292 e. The van der Waals surface area contributed by atoms with E-state index >= 15 is 0 Å². The number of aromatic amines is 1. The van der Waals surface area contributed by atoms with Crippen molar-refractivity contribution in [2.45, 2.75) is 25.2 Å². The van der Waals surface area contributed by atoms with E-state index in [2.05, 4.69) is 14.7 Å². The van der Waals surface area contributed by atoms with Gasteiger partial charge in [0.15, 0.2) is 0 Å². The number of anilines is 1. The number of aryl methyl sites for hydroxylation is 2. The first kappa shape index (κ1) is 19.1. The number of nitrogens with zero attached hydrogens (tertiary/aromatic N) is 1. The molecule has 1 heterocycles. The molecule has 1 aromatic heterocycles. The fraction of sp³-hybridized carbons (Fsp3) is 0.158. The highest BCUT2D eigenvalue weighted by atomic mass is 35.5. The molecule has 0 radical (unpaired) electrons. The van der Waals surface area contributed by atoms with E-state index in [0.717, 1.165) is 11.1 Å². The van der Waals surface area contributed by atoms with Gasteiger partial charge < -0.3 is 0 Å². The standard InChI is InChI=1S/C19H18ClN3O3S/c1-12-4-3-5-14(10-12)11-17-13(2)21-19(22-18(17)24)23-27(25,26)16-8-6-15(20)7-9-16/h3-10H,11H2,1-2H3,(H2,21,22,23,24). The number of sulfonamides is 1. The summed E-state index contributed by atoms with van der Waals surface area (Å²) >= 11 is 5.78. The Morgan fingerprint density at radius 2 is 1.81 bits per heavy atom. The zero-order valence-electron chi connectivity index (χ0n) is 14.8. The number of hydrogen-bond acceptors (Lipinski definition) is 4. The Morgan fingerprint density at radius 1 is 1.11 bits per heavy atom. The van der Waals surface area contributed by atoms with E-state index in [4.69, 9.17) is 11.6 Å². The van der Waals surface area contributed by atoms with Gasteiger partial charge in [0, 0.05) is 17.0 Å². The summed E-state index contributed by atoms with van der Waals surface area (Å²) in [6.45, 7) is 3.66. The molecule has 2 N–H and O–H groups in total. The Hall–Kier alpha value is -2.64. The van der Waals surface area contributed by atoms with E-state index in [0.29, 0.717) is 22.7 Å². The number of nitrogens with one attached hydrogen (secondary N) is 2. The van der Waals surface area contributed by atoms with Crippen LogP contribution < -0.4 is 10.3 Å². The summed E-state index contributed by atoms with van der Waals surface area (Å²) in [4.78, 5) is 19.2. The Labute approximate surface area is 162 Å². The third-order valence-corrected chi connectivity index (χ3v) is 5.65. The molecule has 0 saturated heterocycles. The number of aromatic nitrogens is 2. The Bertz CT molecular complexity index is 1140. The van der Waals surface area contributed by atoms with Crippen molar-refractivity contribution in [3.05, 3.63) is 86.3 Å². The second-order valence-corrected chi connectivity index (χ2v) is 8.32. The lowest BCUT2D eigenvalue weighted by molar-refractivity contribution is 0.600. The summed E-state index contributed by atoms with van der Waals surface area (Å²) in [6, 6.07) is 13.5. The quantitative estimate of drug-likeness (QED) is 0.682. The van der Waals surface area contributed by atoms with E-state index in [1.807, 2.05) is 31.2 Å². The summed E-state index contributed by atoms with van der Waals surface area (Å²) in [7, 11) is -3.88. The molecular formula is C19H18ClN3O3S. The predicted molar refractivity (Wildman–Crippen MR) is 106 cm³/mol. The predicted octanol–water partition coefficient (Wildman–Crippen LogP) is 3.43. The topological polar surface area (TPSA) is 91.9 Å². The van der Waals surface area contributed by atoms with Crippen LogP contribution in [0.2, 0.25) is 5.02 Å². The lowest BCUT2D eigenvalue weighted by Crippen LogP contribution is -2.22. The summed E-state index contributed by atoms with van der Waals surface area (Å²) < 4.78 is 27.2. The molecule has 0 aliphatic carbocycles. The largest absolute Gasteiger partial charge is 0.292 e. The van der Waals surface area contributed by atoms with Gasteiger partial charge in [0.25, 0.3) is 15.6 Å².